The molecule has 0 fully saturated rings. The fourth-order valence-corrected chi connectivity index (χ4v) is 2.36. The van der Waals surface area contributed by atoms with Gasteiger partial charge in [0.2, 0.25) is 10.0 Å². The average Bonchev–Trinajstić information content (AvgIpc) is 2.47. The van der Waals surface area contributed by atoms with Crippen LogP contribution >= 0.6 is 0 Å². The molecule has 0 bridgehead atoms. The van der Waals surface area contributed by atoms with E-state index in [0.29, 0.717) is 13.0 Å². The lowest BCUT2D eigenvalue weighted by Crippen LogP contribution is -2.14. The molecule has 0 unspecified atom stereocenters. The highest BCUT2D eigenvalue weighted by Gasteiger charge is 2.19. The van der Waals surface area contributed by atoms with E-state index in [0.717, 1.165) is 31.4 Å². The highest BCUT2D eigenvalue weighted by atomic mass is 32.2. The van der Waals surface area contributed by atoms with Crippen LogP contribution in [0.5, 0.6) is 5.75 Å². The van der Waals surface area contributed by atoms with Crippen molar-refractivity contribution in [2.45, 2.75) is 12.8 Å². The Bertz CT molecular complexity index is 649. The van der Waals surface area contributed by atoms with Crippen molar-refractivity contribution >= 4 is 21.7 Å². The summed E-state index contributed by atoms with van der Waals surface area (Å²) in [5.74, 6) is -1.57. The first-order chi connectivity index (χ1) is 10.8. The summed E-state index contributed by atoms with van der Waals surface area (Å²) < 4.78 is 48.5. The second-order valence-corrected chi connectivity index (χ2v) is 6.60. The summed E-state index contributed by atoms with van der Waals surface area (Å²) in [7, 11) is -0.674. The first-order valence-corrected chi connectivity index (χ1v) is 8.84. The van der Waals surface area contributed by atoms with E-state index in [4.69, 9.17) is 4.74 Å². The fraction of sp³-hybridized carbons (Fsp3) is 0.500. The summed E-state index contributed by atoms with van der Waals surface area (Å²) in [4.78, 5) is 11.8. The molecular formula is C14H21FN2O5S. The van der Waals surface area contributed by atoms with Crippen molar-refractivity contribution in [2.75, 3.05) is 38.3 Å². The molecule has 0 amide bonds. The molecule has 0 saturated carbocycles. The number of ether oxygens (including phenoxy) is 2. The summed E-state index contributed by atoms with van der Waals surface area (Å²) in [6, 6.07) is 2.03. The average molecular weight is 348 g/mol. The number of hydrogen-bond acceptors (Lipinski definition) is 6. The second-order valence-electron chi connectivity index (χ2n) is 4.85. The van der Waals surface area contributed by atoms with E-state index in [1.807, 2.05) is 11.8 Å². The molecule has 0 atom stereocenters. The fourth-order valence-electron chi connectivity index (χ4n) is 1.81. The van der Waals surface area contributed by atoms with Gasteiger partial charge in [0, 0.05) is 6.07 Å². The van der Waals surface area contributed by atoms with Crippen molar-refractivity contribution in [1.82, 2.24) is 5.32 Å². The quantitative estimate of drug-likeness (QED) is 0.517. The van der Waals surface area contributed by atoms with Crippen molar-refractivity contribution in [1.29, 1.82) is 0 Å². The minimum atomic E-state index is -3.68. The molecule has 7 nitrogen and oxygen atoms in total. The number of hydrogen-bond donors (Lipinski definition) is 2. The van der Waals surface area contributed by atoms with E-state index in [1.54, 1.807) is 0 Å². The molecule has 0 saturated heterocycles. The van der Waals surface area contributed by atoms with Gasteiger partial charge in [-0.3, -0.25) is 4.72 Å². The number of rotatable bonds is 9. The lowest BCUT2D eigenvalue weighted by Gasteiger charge is -2.13. The van der Waals surface area contributed by atoms with Crippen LogP contribution in [0.15, 0.2) is 12.1 Å². The zero-order valence-corrected chi connectivity index (χ0v) is 14.1. The van der Waals surface area contributed by atoms with Crippen LogP contribution in [-0.2, 0) is 14.8 Å². The van der Waals surface area contributed by atoms with Gasteiger partial charge in [-0.1, -0.05) is 0 Å². The first kappa shape index (κ1) is 19.2. The molecule has 1 rings (SSSR count). The normalized spacial score (nSPS) is 11.1. The Kier molecular flexibility index (Phi) is 7.24. The van der Waals surface area contributed by atoms with Gasteiger partial charge in [-0.25, -0.2) is 17.6 Å². The van der Waals surface area contributed by atoms with Gasteiger partial charge in [-0.05, 0) is 32.5 Å². The SMILES string of the molecule is CNCCCCOc1cc(F)c(NS(C)(=O)=O)cc1C(=O)OC. The molecule has 0 aliphatic rings. The van der Waals surface area contributed by atoms with E-state index in [-0.39, 0.29) is 17.0 Å². The number of methoxy groups -OCH3 is 1. The largest absolute Gasteiger partial charge is 0.493 e. The Hall–Kier alpha value is -1.87. The number of benzene rings is 1. The highest BCUT2D eigenvalue weighted by molar-refractivity contribution is 7.92. The maximum Gasteiger partial charge on any atom is 0.341 e. The van der Waals surface area contributed by atoms with Crippen LogP contribution in [0.4, 0.5) is 10.1 Å². The first-order valence-electron chi connectivity index (χ1n) is 6.95. The topological polar surface area (TPSA) is 93.7 Å². The Morgan fingerprint density at radius 1 is 1.30 bits per heavy atom. The number of halogens is 1. The number of carbonyl (C=O) groups excluding carboxylic acids is 1. The maximum absolute atomic E-state index is 14.0. The zero-order valence-electron chi connectivity index (χ0n) is 13.3. The molecular weight excluding hydrogens is 327 g/mol. The molecule has 0 spiro atoms. The van der Waals surface area contributed by atoms with Crippen molar-refractivity contribution in [3.8, 4) is 5.75 Å². The second kappa shape index (κ2) is 8.68. The van der Waals surface area contributed by atoms with Gasteiger partial charge in [-0.15, -0.1) is 0 Å². The molecule has 0 radical (unpaired) electrons. The molecule has 1 aromatic carbocycles. The lowest BCUT2D eigenvalue weighted by molar-refractivity contribution is 0.0596. The van der Waals surface area contributed by atoms with Crippen LogP contribution in [0.25, 0.3) is 0 Å². The molecule has 0 heterocycles. The van der Waals surface area contributed by atoms with Gasteiger partial charge in [0.1, 0.15) is 11.3 Å². The monoisotopic (exact) mass is 348 g/mol. The number of nitrogens with one attached hydrogen (secondary N) is 2. The third-order valence-electron chi connectivity index (χ3n) is 2.85. The summed E-state index contributed by atoms with van der Waals surface area (Å²) in [6.07, 6.45) is 2.46. The predicted octanol–water partition coefficient (Wildman–Crippen LogP) is 1.36. The van der Waals surface area contributed by atoms with E-state index in [2.05, 4.69) is 10.1 Å². The third kappa shape index (κ3) is 6.41. The van der Waals surface area contributed by atoms with Gasteiger partial charge < -0.3 is 14.8 Å². The summed E-state index contributed by atoms with van der Waals surface area (Å²) in [5.41, 5.74) is -0.385. The number of sulfonamides is 1. The molecule has 1 aromatic rings. The Morgan fingerprint density at radius 2 is 2.00 bits per heavy atom. The van der Waals surface area contributed by atoms with Gasteiger partial charge in [-0.2, -0.15) is 0 Å². The smallest absolute Gasteiger partial charge is 0.341 e. The van der Waals surface area contributed by atoms with Crippen LogP contribution in [0.1, 0.15) is 23.2 Å². The third-order valence-corrected chi connectivity index (χ3v) is 3.44. The van der Waals surface area contributed by atoms with Gasteiger partial charge in [0.25, 0.3) is 0 Å². The molecule has 130 valence electrons. The zero-order chi connectivity index (χ0) is 17.5. The summed E-state index contributed by atoms with van der Waals surface area (Å²) >= 11 is 0. The lowest BCUT2D eigenvalue weighted by atomic mass is 10.1. The van der Waals surface area contributed by atoms with E-state index in [1.165, 1.54) is 7.11 Å². The molecule has 0 aromatic heterocycles. The number of anilines is 1. The molecule has 0 aliphatic heterocycles. The van der Waals surface area contributed by atoms with Gasteiger partial charge in [0.05, 0.1) is 25.7 Å². The standard InChI is InChI=1S/C14H21FN2O5S/c1-16-6-4-5-7-22-13-9-11(15)12(17-23(3,19)20)8-10(13)14(18)21-2/h8-9,16-17H,4-7H2,1-3H3. The molecule has 2 N–H and O–H groups in total. The molecule has 23 heavy (non-hydrogen) atoms. The van der Waals surface area contributed by atoms with Crippen LogP contribution in [-0.4, -0.2) is 48.0 Å². The minimum Gasteiger partial charge on any atom is -0.493 e. The maximum atomic E-state index is 14.0. The molecule has 0 aliphatic carbocycles. The number of esters is 1. The van der Waals surface area contributed by atoms with Crippen LogP contribution in [0.3, 0.4) is 0 Å². The van der Waals surface area contributed by atoms with E-state index in [9.17, 15) is 17.6 Å². The summed E-state index contributed by atoms with van der Waals surface area (Å²) in [5, 5.41) is 2.99. The van der Waals surface area contributed by atoms with Crippen molar-refractivity contribution < 1.29 is 27.1 Å². The predicted molar refractivity (Wildman–Crippen MR) is 84.9 cm³/mol. The van der Waals surface area contributed by atoms with Gasteiger partial charge >= 0.3 is 5.97 Å². The van der Waals surface area contributed by atoms with E-state index < -0.39 is 21.8 Å². The van der Waals surface area contributed by atoms with Crippen LogP contribution in [0, 0.1) is 5.82 Å². The van der Waals surface area contributed by atoms with Crippen LogP contribution in [0.2, 0.25) is 0 Å². The Morgan fingerprint density at radius 3 is 2.57 bits per heavy atom. The van der Waals surface area contributed by atoms with Crippen LogP contribution < -0.4 is 14.8 Å². The Labute approximate surface area is 135 Å². The molecule has 9 heteroatoms. The minimum absolute atomic E-state index is 0.0119. The van der Waals surface area contributed by atoms with Gasteiger partial charge in [0.15, 0.2) is 5.82 Å². The number of unbranched alkanes of at least 4 members (excludes halogenated alkanes) is 1. The van der Waals surface area contributed by atoms with Crippen molar-refractivity contribution in [3.63, 3.8) is 0 Å². The van der Waals surface area contributed by atoms with Crippen molar-refractivity contribution in [2.24, 2.45) is 0 Å². The van der Waals surface area contributed by atoms with E-state index >= 15 is 0 Å². The Balaban J connectivity index is 3.00. The highest BCUT2D eigenvalue weighted by Crippen LogP contribution is 2.27. The summed E-state index contributed by atoms with van der Waals surface area (Å²) in [6.45, 7) is 1.11. The van der Waals surface area contributed by atoms with Crippen molar-refractivity contribution in [3.05, 3.63) is 23.5 Å². The number of carbonyl (C=O) groups is 1.